The summed E-state index contributed by atoms with van der Waals surface area (Å²) in [6.45, 7) is 5.26. The number of nitrogens with zero attached hydrogens (tertiary/aromatic N) is 2. The molecule has 0 spiro atoms. The van der Waals surface area contributed by atoms with Crippen molar-refractivity contribution < 1.29 is 0 Å². The minimum atomic E-state index is 0.343. The molecule has 4 heteroatoms. The van der Waals surface area contributed by atoms with Crippen LogP contribution in [0.2, 0.25) is 0 Å². The molecule has 16 heavy (non-hydrogen) atoms. The van der Waals surface area contributed by atoms with Crippen LogP contribution in [0.15, 0.2) is 16.7 Å². The van der Waals surface area contributed by atoms with Crippen molar-refractivity contribution in [1.82, 2.24) is 4.98 Å². The third-order valence-electron chi connectivity index (χ3n) is 3.15. The molecule has 0 aliphatic carbocycles. The maximum atomic E-state index is 5.97. The zero-order chi connectivity index (χ0) is 11.7. The fraction of sp³-hybridized carbons (Fsp3) is 0.583. The Bertz CT molecular complexity index is 381. The highest BCUT2D eigenvalue weighted by atomic mass is 79.9. The lowest BCUT2D eigenvalue weighted by Gasteiger charge is -2.37. The van der Waals surface area contributed by atoms with Gasteiger partial charge in [-0.15, -0.1) is 0 Å². The van der Waals surface area contributed by atoms with E-state index in [4.69, 9.17) is 5.73 Å². The van der Waals surface area contributed by atoms with Gasteiger partial charge in [-0.1, -0.05) is 0 Å². The molecule has 1 aromatic heterocycles. The molecule has 0 radical (unpaired) electrons. The number of pyridine rings is 1. The van der Waals surface area contributed by atoms with Crippen LogP contribution in [0.5, 0.6) is 0 Å². The Morgan fingerprint density at radius 3 is 2.94 bits per heavy atom. The summed E-state index contributed by atoms with van der Waals surface area (Å²) in [5.74, 6) is 1.05. The molecule has 2 atom stereocenters. The summed E-state index contributed by atoms with van der Waals surface area (Å²) in [7, 11) is 0. The van der Waals surface area contributed by atoms with E-state index in [2.05, 4.69) is 45.7 Å². The molecule has 2 heterocycles. The SMILES string of the molecule is Cc1cnc(N2CCC(N)CC2C)c(Br)c1. The van der Waals surface area contributed by atoms with Crippen molar-refractivity contribution in [3.05, 3.63) is 22.3 Å². The molecule has 1 aromatic rings. The van der Waals surface area contributed by atoms with E-state index in [1.807, 2.05) is 6.20 Å². The molecule has 2 rings (SSSR count). The Labute approximate surface area is 105 Å². The summed E-state index contributed by atoms with van der Waals surface area (Å²) < 4.78 is 1.08. The first-order valence-corrected chi connectivity index (χ1v) is 6.51. The third-order valence-corrected chi connectivity index (χ3v) is 3.73. The lowest BCUT2D eigenvalue weighted by Crippen LogP contribution is -2.46. The fourth-order valence-electron chi connectivity index (χ4n) is 2.26. The quantitative estimate of drug-likeness (QED) is 0.861. The topological polar surface area (TPSA) is 42.2 Å². The molecule has 2 unspecified atom stereocenters. The Balaban J connectivity index is 2.23. The van der Waals surface area contributed by atoms with Crippen LogP contribution in [0.3, 0.4) is 0 Å². The molecule has 1 fully saturated rings. The van der Waals surface area contributed by atoms with Gasteiger partial charge in [-0.25, -0.2) is 4.98 Å². The molecule has 0 bridgehead atoms. The lowest BCUT2D eigenvalue weighted by atomic mass is 9.99. The van der Waals surface area contributed by atoms with E-state index in [1.54, 1.807) is 0 Å². The summed E-state index contributed by atoms with van der Waals surface area (Å²) in [4.78, 5) is 6.86. The summed E-state index contributed by atoms with van der Waals surface area (Å²) >= 11 is 3.59. The van der Waals surface area contributed by atoms with Crippen LogP contribution in [-0.2, 0) is 0 Å². The van der Waals surface area contributed by atoms with Gasteiger partial charge in [-0.2, -0.15) is 0 Å². The molecule has 1 aliphatic rings. The van der Waals surface area contributed by atoms with Crippen molar-refractivity contribution in [2.75, 3.05) is 11.4 Å². The number of aryl methyl sites for hydroxylation is 1. The Morgan fingerprint density at radius 2 is 2.31 bits per heavy atom. The van der Waals surface area contributed by atoms with Gasteiger partial charge in [-0.3, -0.25) is 0 Å². The van der Waals surface area contributed by atoms with Gasteiger partial charge in [0.05, 0.1) is 4.47 Å². The first-order chi connectivity index (χ1) is 7.58. The highest BCUT2D eigenvalue weighted by Crippen LogP contribution is 2.29. The van der Waals surface area contributed by atoms with Crippen LogP contribution < -0.4 is 10.6 Å². The Kier molecular flexibility index (Phi) is 3.50. The van der Waals surface area contributed by atoms with Crippen molar-refractivity contribution in [1.29, 1.82) is 0 Å². The second kappa shape index (κ2) is 4.72. The maximum Gasteiger partial charge on any atom is 0.143 e. The molecule has 0 saturated carbocycles. The van der Waals surface area contributed by atoms with Crippen LogP contribution in [-0.4, -0.2) is 23.6 Å². The number of piperidine rings is 1. The average molecular weight is 284 g/mol. The average Bonchev–Trinajstić information content (AvgIpc) is 2.19. The van der Waals surface area contributed by atoms with E-state index in [1.165, 1.54) is 5.56 Å². The molecule has 0 amide bonds. The number of rotatable bonds is 1. The second-order valence-electron chi connectivity index (χ2n) is 4.64. The molecule has 3 nitrogen and oxygen atoms in total. The summed E-state index contributed by atoms with van der Waals surface area (Å²) in [5, 5.41) is 0. The van der Waals surface area contributed by atoms with Gasteiger partial charge in [0, 0.05) is 24.8 Å². The van der Waals surface area contributed by atoms with Gasteiger partial charge in [0.1, 0.15) is 5.82 Å². The standard InChI is InChI=1S/C12H18BrN3/c1-8-5-11(13)12(15-7-8)16-4-3-10(14)6-9(16)2/h5,7,9-10H,3-4,6,14H2,1-2H3. The maximum absolute atomic E-state index is 5.97. The van der Waals surface area contributed by atoms with E-state index in [0.717, 1.165) is 29.7 Å². The molecule has 2 N–H and O–H groups in total. The predicted octanol–water partition coefficient (Wildman–Crippen LogP) is 2.47. The van der Waals surface area contributed by atoms with Gasteiger partial charge >= 0.3 is 0 Å². The van der Waals surface area contributed by atoms with Crippen LogP contribution in [0.4, 0.5) is 5.82 Å². The van der Waals surface area contributed by atoms with E-state index < -0.39 is 0 Å². The molecule has 1 aliphatic heterocycles. The van der Waals surface area contributed by atoms with Gasteiger partial charge in [0.25, 0.3) is 0 Å². The van der Waals surface area contributed by atoms with Crippen molar-refractivity contribution in [2.24, 2.45) is 5.73 Å². The summed E-state index contributed by atoms with van der Waals surface area (Å²) in [5.41, 5.74) is 7.15. The van der Waals surface area contributed by atoms with E-state index in [-0.39, 0.29) is 0 Å². The van der Waals surface area contributed by atoms with E-state index in [9.17, 15) is 0 Å². The second-order valence-corrected chi connectivity index (χ2v) is 5.50. The van der Waals surface area contributed by atoms with Crippen molar-refractivity contribution >= 4 is 21.7 Å². The first kappa shape index (κ1) is 11.9. The number of halogens is 1. The Morgan fingerprint density at radius 1 is 1.56 bits per heavy atom. The first-order valence-electron chi connectivity index (χ1n) is 5.72. The van der Waals surface area contributed by atoms with E-state index >= 15 is 0 Å². The molecule has 0 aromatic carbocycles. The summed E-state index contributed by atoms with van der Waals surface area (Å²) in [6, 6.07) is 2.93. The smallest absolute Gasteiger partial charge is 0.143 e. The lowest BCUT2D eigenvalue weighted by molar-refractivity contribution is 0.427. The minimum Gasteiger partial charge on any atom is -0.353 e. The molecular weight excluding hydrogens is 266 g/mol. The van der Waals surface area contributed by atoms with Gasteiger partial charge in [0.15, 0.2) is 0 Å². The van der Waals surface area contributed by atoms with Crippen LogP contribution in [0, 0.1) is 6.92 Å². The van der Waals surface area contributed by atoms with Crippen molar-refractivity contribution in [3.8, 4) is 0 Å². The van der Waals surface area contributed by atoms with Crippen LogP contribution >= 0.6 is 15.9 Å². The minimum absolute atomic E-state index is 0.343. The predicted molar refractivity (Wildman–Crippen MR) is 70.7 cm³/mol. The fourth-order valence-corrected chi connectivity index (χ4v) is 2.95. The van der Waals surface area contributed by atoms with Gasteiger partial charge in [0.2, 0.25) is 0 Å². The number of aromatic nitrogens is 1. The summed E-state index contributed by atoms with van der Waals surface area (Å²) in [6.07, 6.45) is 4.01. The highest BCUT2D eigenvalue weighted by molar-refractivity contribution is 9.10. The van der Waals surface area contributed by atoms with Crippen molar-refractivity contribution in [2.45, 2.75) is 38.8 Å². The largest absolute Gasteiger partial charge is 0.353 e. The number of anilines is 1. The zero-order valence-corrected chi connectivity index (χ0v) is 11.4. The normalized spacial score (nSPS) is 25.9. The molecular formula is C12H18BrN3. The number of hydrogen-bond acceptors (Lipinski definition) is 3. The monoisotopic (exact) mass is 283 g/mol. The van der Waals surface area contributed by atoms with Crippen LogP contribution in [0.25, 0.3) is 0 Å². The molecule has 1 saturated heterocycles. The van der Waals surface area contributed by atoms with Crippen molar-refractivity contribution in [3.63, 3.8) is 0 Å². The number of nitrogens with two attached hydrogens (primary N) is 1. The van der Waals surface area contributed by atoms with E-state index in [0.29, 0.717) is 12.1 Å². The highest BCUT2D eigenvalue weighted by Gasteiger charge is 2.25. The van der Waals surface area contributed by atoms with Crippen LogP contribution in [0.1, 0.15) is 25.3 Å². The third kappa shape index (κ3) is 2.38. The van der Waals surface area contributed by atoms with Gasteiger partial charge in [-0.05, 0) is 54.2 Å². The van der Waals surface area contributed by atoms with Gasteiger partial charge < -0.3 is 10.6 Å². The number of hydrogen-bond donors (Lipinski definition) is 1. The molecule has 88 valence electrons. The zero-order valence-electron chi connectivity index (χ0n) is 9.78. The Hall–Kier alpha value is -0.610.